The van der Waals surface area contributed by atoms with Gasteiger partial charge in [0.05, 0.1) is 36.9 Å². The minimum Gasteiger partial charge on any atom is -0.494 e. The zero-order chi connectivity index (χ0) is 19.1. The fourth-order valence-electron chi connectivity index (χ4n) is 3.84. The molecule has 0 N–H and O–H groups in total. The molecule has 4 rings (SSSR count). The van der Waals surface area contributed by atoms with Crippen LogP contribution in [0, 0.1) is 5.82 Å². The lowest BCUT2D eigenvalue weighted by atomic mass is 9.90. The Morgan fingerprint density at radius 2 is 2.11 bits per heavy atom. The van der Waals surface area contributed by atoms with Crippen LogP contribution in [0.25, 0.3) is 11.0 Å². The Hall–Kier alpha value is -2.96. The van der Waals surface area contributed by atoms with Crippen molar-refractivity contribution < 1.29 is 9.13 Å². The van der Waals surface area contributed by atoms with Crippen LogP contribution < -0.4 is 15.2 Å². The smallest absolute Gasteiger partial charge is 0.279 e. The second kappa shape index (κ2) is 6.64. The SMILES string of the molecule is CCC1c2cc(F)c(OC)cc2CCN1c1cnc2c(=O)n(C)cnc2c1. The van der Waals surface area contributed by atoms with Gasteiger partial charge in [-0.3, -0.25) is 4.79 Å². The van der Waals surface area contributed by atoms with Gasteiger partial charge in [0.1, 0.15) is 0 Å². The third-order valence-corrected chi connectivity index (χ3v) is 5.24. The Balaban J connectivity index is 1.78. The predicted molar refractivity (Wildman–Crippen MR) is 102 cm³/mol. The average molecular weight is 368 g/mol. The van der Waals surface area contributed by atoms with E-state index in [0.717, 1.165) is 36.2 Å². The van der Waals surface area contributed by atoms with Gasteiger partial charge in [0, 0.05) is 13.6 Å². The minimum absolute atomic E-state index is 0.0277. The van der Waals surface area contributed by atoms with Crippen molar-refractivity contribution in [2.45, 2.75) is 25.8 Å². The molecule has 1 aliphatic heterocycles. The van der Waals surface area contributed by atoms with Gasteiger partial charge in [-0.2, -0.15) is 0 Å². The summed E-state index contributed by atoms with van der Waals surface area (Å²) in [6, 6.07) is 5.29. The molecule has 6 nitrogen and oxygen atoms in total. The zero-order valence-corrected chi connectivity index (χ0v) is 15.6. The van der Waals surface area contributed by atoms with Gasteiger partial charge in [-0.1, -0.05) is 6.92 Å². The van der Waals surface area contributed by atoms with Gasteiger partial charge in [-0.05, 0) is 42.2 Å². The molecule has 0 fully saturated rings. The number of anilines is 1. The van der Waals surface area contributed by atoms with Crippen LogP contribution in [0.5, 0.6) is 5.75 Å². The van der Waals surface area contributed by atoms with E-state index in [-0.39, 0.29) is 23.2 Å². The number of aromatic nitrogens is 3. The highest BCUT2D eigenvalue weighted by Crippen LogP contribution is 2.38. The molecule has 0 saturated carbocycles. The van der Waals surface area contributed by atoms with E-state index in [4.69, 9.17) is 4.74 Å². The summed E-state index contributed by atoms with van der Waals surface area (Å²) in [5, 5.41) is 0. The largest absolute Gasteiger partial charge is 0.494 e. The van der Waals surface area contributed by atoms with E-state index in [1.165, 1.54) is 18.0 Å². The van der Waals surface area contributed by atoms with E-state index in [2.05, 4.69) is 21.8 Å². The molecule has 1 aromatic carbocycles. The fourth-order valence-corrected chi connectivity index (χ4v) is 3.84. The third-order valence-electron chi connectivity index (χ3n) is 5.24. The molecular formula is C20H21FN4O2. The molecule has 0 radical (unpaired) electrons. The van der Waals surface area contributed by atoms with E-state index < -0.39 is 0 Å². The van der Waals surface area contributed by atoms with Crippen molar-refractivity contribution in [3.63, 3.8) is 0 Å². The Morgan fingerprint density at radius 3 is 2.85 bits per heavy atom. The maximum absolute atomic E-state index is 14.3. The lowest BCUT2D eigenvalue weighted by Crippen LogP contribution is -2.35. The summed E-state index contributed by atoms with van der Waals surface area (Å²) >= 11 is 0. The van der Waals surface area contributed by atoms with Crippen molar-refractivity contribution in [2.75, 3.05) is 18.6 Å². The second-order valence-corrected chi connectivity index (χ2v) is 6.77. The van der Waals surface area contributed by atoms with Gasteiger partial charge in [0.2, 0.25) is 0 Å². The van der Waals surface area contributed by atoms with E-state index >= 15 is 0 Å². The summed E-state index contributed by atoms with van der Waals surface area (Å²) in [6.07, 6.45) is 4.81. The molecule has 2 aromatic heterocycles. The molecule has 140 valence electrons. The molecule has 1 aliphatic rings. The van der Waals surface area contributed by atoms with Gasteiger partial charge < -0.3 is 14.2 Å². The number of halogens is 1. The number of hydrogen-bond acceptors (Lipinski definition) is 5. The molecule has 0 amide bonds. The van der Waals surface area contributed by atoms with E-state index in [1.807, 2.05) is 6.07 Å². The van der Waals surface area contributed by atoms with Crippen molar-refractivity contribution in [1.29, 1.82) is 0 Å². The lowest BCUT2D eigenvalue weighted by Gasteiger charge is -2.38. The number of fused-ring (bicyclic) bond motifs is 2. The van der Waals surface area contributed by atoms with Crippen LogP contribution in [0.4, 0.5) is 10.1 Å². The highest BCUT2D eigenvalue weighted by atomic mass is 19.1. The van der Waals surface area contributed by atoms with Crippen LogP contribution in [0.3, 0.4) is 0 Å². The van der Waals surface area contributed by atoms with Crippen LogP contribution in [-0.2, 0) is 13.5 Å². The number of nitrogens with zero attached hydrogens (tertiary/aromatic N) is 4. The number of methoxy groups -OCH3 is 1. The topological polar surface area (TPSA) is 60.2 Å². The molecule has 1 atom stereocenters. The number of aryl methyl sites for hydroxylation is 1. The first-order chi connectivity index (χ1) is 13.0. The van der Waals surface area contributed by atoms with Crippen LogP contribution >= 0.6 is 0 Å². The summed E-state index contributed by atoms with van der Waals surface area (Å²) in [4.78, 5) is 23.1. The van der Waals surface area contributed by atoms with Crippen LogP contribution in [0.2, 0.25) is 0 Å². The highest BCUT2D eigenvalue weighted by molar-refractivity contribution is 5.77. The number of benzene rings is 1. The molecule has 3 aromatic rings. The number of hydrogen-bond donors (Lipinski definition) is 0. The van der Waals surface area contributed by atoms with Gasteiger partial charge in [-0.25, -0.2) is 14.4 Å². The van der Waals surface area contributed by atoms with E-state index in [1.54, 1.807) is 25.4 Å². The summed E-state index contributed by atoms with van der Waals surface area (Å²) in [5.41, 5.74) is 3.71. The van der Waals surface area contributed by atoms with Crippen molar-refractivity contribution in [3.8, 4) is 5.75 Å². The average Bonchev–Trinajstić information content (AvgIpc) is 2.69. The summed E-state index contributed by atoms with van der Waals surface area (Å²) in [7, 11) is 3.14. The van der Waals surface area contributed by atoms with Gasteiger partial charge in [-0.15, -0.1) is 0 Å². The van der Waals surface area contributed by atoms with E-state index in [0.29, 0.717) is 11.0 Å². The number of ether oxygens (including phenoxy) is 1. The van der Waals surface area contributed by atoms with Crippen LogP contribution in [-0.4, -0.2) is 28.2 Å². The lowest BCUT2D eigenvalue weighted by molar-refractivity contribution is 0.384. The molecule has 0 saturated heterocycles. The first-order valence-corrected chi connectivity index (χ1v) is 8.97. The molecule has 1 unspecified atom stereocenters. The summed E-state index contributed by atoms with van der Waals surface area (Å²) in [5.74, 6) is -0.0668. The summed E-state index contributed by atoms with van der Waals surface area (Å²) < 4.78 is 20.8. The minimum atomic E-state index is -0.349. The van der Waals surface area contributed by atoms with Gasteiger partial charge in [0.25, 0.3) is 5.56 Å². The Bertz CT molecular complexity index is 1080. The number of rotatable bonds is 3. The first kappa shape index (κ1) is 17.5. The molecule has 27 heavy (non-hydrogen) atoms. The van der Waals surface area contributed by atoms with Crippen molar-refractivity contribution in [3.05, 3.63) is 58.0 Å². The number of pyridine rings is 1. The van der Waals surface area contributed by atoms with Gasteiger partial charge in [0.15, 0.2) is 17.1 Å². The Kier molecular flexibility index (Phi) is 4.30. The van der Waals surface area contributed by atoms with Crippen LogP contribution in [0.1, 0.15) is 30.5 Å². The predicted octanol–water partition coefficient (Wildman–Crippen LogP) is 2.99. The standard InChI is InChI=1S/C20H21FN4O2/c1-4-17-14-9-15(21)18(27-3)7-12(14)5-6-25(17)13-8-16-19(22-10-13)20(26)24(2)11-23-16/h7-11,17H,4-6H2,1-3H3. The maximum Gasteiger partial charge on any atom is 0.279 e. The normalized spacial score (nSPS) is 16.4. The zero-order valence-electron chi connectivity index (χ0n) is 15.6. The highest BCUT2D eigenvalue weighted by Gasteiger charge is 2.28. The maximum atomic E-state index is 14.3. The van der Waals surface area contributed by atoms with E-state index in [9.17, 15) is 9.18 Å². The van der Waals surface area contributed by atoms with Crippen molar-refractivity contribution in [1.82, 2.24) is 14.5 Å². The quantitative estimate of drug-likeness (QED) is 0.711. The molecule has 3 heterocycles. The second-order valence-electron chi connectivity index (χ2n) is 6.77. The molecule has 7 heteroatoms. The monoisotopic (exact) mass is 368 g/mol. The fraction of sp³-hybridized carbons (Fsp3) is 0.350. The molecule has 0 bridgehead atoms. The first-order valence-electron chi connectivity index (χ1n) is 8.97. The van der Waals surface area contributed by atoms with Crippen molar-refractivity contribution >= 4 is 16.7 Å². The molecule has 0 aliphatic carbocycles. The Labute approximate surface area is 156 Å². The van der Waals surface area contributed by atoms with Gasteiger partial charge >= 0.3 is 0 Å². The third kappa shape index (κ3) is 2.83. The van der Waals surface area contributed by atoms with Crippen LogP contribution in [0.15, 0.2) is 35.5 Å². The van der Waals surface area contributed by atoms with Crippen molar-refractivity contribution in [2.24, 2.45) is 7.05 Å². The molecule has 0 spiro atoms. The molecular weight excluding hydrogens is 347 g/mol. The Morgan fingerprint density at radius 1 is 1.30 bits per heavy atom. The summed E-state index contributed by atoms with van der Waals surface area (Å²) in [6.45, 7) is 2.86.